The molecule has 1 heterocycles. The second-order valence-corrected chi connectivity index (χ2v) is 10.8. The molecule has 1 fully saturated rings. The van der Waals surface area contributed by atoms with Crippen LogP contribution in [0.3, 0.4) is 0 Å². The van der Waals surface area contributed by atoms with Crippen LogP contribution in [-0.4, -0.2) is 44.1 Å². The quantitative estimate of drug-likeness (QED) is 0.129. The highest BCUT2D eigenvalue weighted by atomic mass is 35.5. The van der Waals surface area contributed by atoms with E-state index in [-0.39, 0.29) is 27.3 Å². The van der Waals surface area contributed by atoms with Crippen molar-refractivity contribution in [2.24, 2.45) is 10.7 Å². The van der Waals surface area contributed by atoms with Crippen molar-refractivity contribution in [3.63, 3.8) is 0 Å². The van der Waals surface area contributed by atoms with Gasteiger partial charge in [0.2, 0.25) is 5.88 Å². The van der Waals surface area contributed by atoms with E-state index in [4.69, 9.17) is 31.8 Å². The number of methoxy groups -OCH3 is 1. The number of benzene rings is 2. The highest BCUT2D eigenvalue weighted by Crippen LogP contribution is 2.41. The van der Waals surface area contributed by atoms with Crippen LogP contribution in [0.2, 0.25) is 5.02 Å². The topological polar surface area (TPSA) is 83.9 Å². The number of hydrogen-bond donors (Lipinski definition) is 1. The van der Waals surface area contributed by atoms with Crippen molar-refractivity contribution in [1.29, 1.82) is 5.26 Å². The van der Waals surface area contributed by atoms with Crippen LogP contribution in [0.15, 0.2) is 40.8 Å². The molecular formula is C33H41ClF2N4O2. The first-order valence-corrected chi connectivity index (χ1v) is 14.9. The minimum atomic E-state index is -0.579. The van der Waals surface area contributed by atoms with E-state index < -0.39 is 11.6 Å². The van der Waals surface area contributed by atoms with Crippen LogP contribution in [0.25, 0.3) is 16.7 Å². The first-order chi connectivity index (χ1) is 20.2. The summed E-state index contributed by atoms with van der Waals surface area (Å²) >= 11 is 6.88. The number of aliphatic imine (C=N–C) groups is 1. The zero-order valence-electron chi connectivity index (χ0n) is 25.2. The Kier molecular flexibility index (Phi) is 12.4. The maximum absolute atomic E-state index is 16.6. The van der Waals surface area contributed by atoms with Gasteiger partial charge in [-0.05, 0) is 74.4 Å². The normalized spacial score (nSPS) is 15.3. The number of rotatable bonds is 10. The third-order valence-corrected chi connectivity index (χ3v) is 7.71. The molecule has 0 radical (unpaired) electrons. The molecule has 1 saturated heterocycles. The molecule has 0 atom stereocenters. The van der Waals surface area contributed by atoms with Crippen LogP contribution in [-0.2, 0) is 9.47 Å². The fraction of sp³-hybridized carbons (Fsp3) is 0.455. The Morgan fingerprint density at radius 1 is 1.19 bits per heavy atom. The molecule has 1 aliphatic heterocycles. The van der Waals surface area contributed by atoms with Gasteiger partial charge >= 0.3 is 0 Å². The van der Waals surface area contributed by atoms with Gasteiger partial charge in [0.25, 0.3) is 0 Å². The van der Waals surface area contributed by atoms with Crippen LogP contribution < -0.4 is 5.73 Å². The zero-order chi connectivity index (χ0) is 30.8. The van der Waals surface area contributed by atoms with Gasteiger partial charge in [0.1, 0.15) is 23.5 Å². The lowest BCUT2D eigenvalue weighted by molar-refractivity contribution is 0.147. The number of allylic oxidation sites excluding steroid dienone is 3. The van der Waals surface area contributed by atoms with Gasteiger partial charge < -0.3 is 20.1 Å². The summed E-state index contributed by atoms with van der Waals surface area (Å²) < 4.78 is 42.7. The van der Waals surface area contributed by atoms with Gasteiger partial charge in [0.05, 0.1) is 24.3 Å². The van der Waals surface area contributed by atoms with Crippen LogP contribution >= 0.6 is 11.6 Å². The molecule has 9 heteroatoms. The molecule has 2 aromatic rings. The molecule has 1 aliphatic rings. The number of ether oxygens (including phenoxy) is 2. The summed E-state index contributed by atoms with van der Waals surface area (Å²) in [4.78, 5) is 6.89. The molecule has 226 valence electrons. The van der Waals surface area contributed by atoms with Crippen molar-refractivity contribution in [2.45, 2.75) is 66.2 Å². The molecule has 6 nitrogen and oxygen atoms in total. The minimum absolute atomic E-state index is 0.0825. The van der Waals surface area contributed by atoms with Crippen molar-refractivity contribution < 1.29 is 18.3 Å². The molecular weight excluding hydrogens is 558 g/mol. The monoisotopic (exact) mass is 598 g/mol. The lowest BCUT2D eigenvalue weighted by Gasteiger charge is -2.26. The maximum atomic E-state index is 16.6. The number of nitrogens with two attached hydrogens (primary N) is 1. The second kappa shape index (κ2) is 15.7. The maximum Gasteiger partial charge on any atom is 0.210 e. The fourth-order valence-electron chi connectivity index (χ4n) is 5.00. The molecule has 0 aromatic heterocycles. The highest BCUT2D eigenvalue weighted by molar-refractivity contribution is 6.34. The summed E-state index contributed by atoms with van der Waals surface area (Å²) in [7, 11) is 1.56. The first-order valence-electron chi connectivity index (χ1n) is 14.5. The fourth-order valence-corrected chi connectivity index (χ4v) is 5.29. The van der Waals surface area contributed by atoms with Gasteiger partial charge in [-0.2, -0.15) is 10.3 Å². The molecule has 0 amide bonds. The average Bonchev–Trinajstić information content (AvgIpc) is 3.27. The first kappa shape index (κ1) is 33.1. The van der Waals surface area contributed by atoms with E-state index in [1.165, 1.54) is 12.1 Å². The Hall–Kier alpha value is -3.41. The number of nitriles is 1. The standard InChI is InChI=1S/C33H41ClF2N4O2/c1-6-8-11-28(38)25(20-37)30-22(4)27(35)14-13-23(30)31-26(34)19-24(21(3)32(31)36)33(39-29(41-5)12-9-7-2)40-15-10-17-42-18-16-40/h12-14,19H,6-11,15-18,38H2,1-5H3/b28-25+,29-12-,39-33+. The number of unbranched alkanes of at least 4 members (excludes halogenated alkanes) is 2. The Morgan fingerprint density at radius 3 is 2.62 bits per heavy atom. The van der Waals surface area contributed by atoms with Crippen LogP contribution in [0.5, 0.6) is 0 Å². The van der Waals surface area contributed by atoms with E-state index in [1.54, 1.807) is 27.0 Å². The van der Waals surface area contributed by atoms with Crippen LogP contribution in [0.1, 0.15) is 74.6 Å². The summed E-state index contributed by atoms with van der Waals surface area (Å²) in [6.07, 6.45) is 6.50. The Labute approximate surface area is 253 Å². The molecule has 0 aliphatic carbocycles. The third-order valence-electron chi connectivity index (χ3n) is 7.41. The average molecular weight is 599 g/mol. The molecule has 0 bridgehead atoms. The minimum Gasteiger partial charge on any atom is -0.481 e. The largest absolute Gasteiger partial charge is 0.481 e. The summed E-state index contributed by atoms with van der Waals surface area (Å²) in [6, 6.07) is 6.56. The third kappa shape index (κ3) is 7.50. The van der Waals surface area contributed by atoms with Crippen LogP contribution in [0.4, 0.5) is 8.78 Å². The zero-order valence-corrected chi connectivity index (χ0v) is 26.0. The number of hydrogen-bond acceptors (Lipinski definition) is 5. The molecule has 2 aromatic carbocycles. The van der Waals surface area contributed by atoms with Crippen LogP contribution in [0, 0.1) is 36.8 Å². The van der Waals surface area contributed by atoms with Crippen molar-refractivity contribution in [2.75, 3.05) is 33.4 Å². The smallest absolute Gasteiger partial charge is 0.210 e. The molecule has 0 spiro atoms. The molecule has 3 rings (SSSR count). The summed E-state index contributed by atoms with van der Waals surface area (Å²) in [5, 5.41) is 10.2. The predicted molar refractivity (Wildman–Crippen MR) is 166 cm³/mol. The van der Waals surface area contributed by atoms with Gasteiger partial charge in [0.15, 0.2) is 0 Å². The lowest BCUT2D eigenvalue weighted by atomic mass is 9.87. The summed E-state index contributed by atoms with van der Waals surface area (Å²) in [5.41, 5.74) is 8.48. The van der Waals surface area contributed by atoms with E-state index in [0.29, 0.717) is 66.8 Å². The van der Waals surface area contributed by atoms with E-state index in [1.807, 2.05) is 13.0 Å². The molecule has 42 heavy (non-hydrogen) atoms. The van der Waals surface area contributed by atoms with Crippen molar-refractivity contribution in [3.8, 4) is 17.2 Å². The second-order valence-electron chi connectivity index (χ2n) is 10.4. The van der Waals surface area contributed by atoms with Gasteiger partial charge in [-0.15, -0.1) is 0 Å². The van der Waals surface area contributed by atoms with E-state index >= 15 is 4.39 Å². The van der Waals surface area contributed by atoms with E-state index in [9.17, 15) is 9.65 Å². The van der Waals surface area contributed by atoms with Crippen molar-refractivity contribution >= 4 is 23.0 Å². The van der Waals surface area contributed by atoms with Crippen molar-refractivity contribution in [3.05, 3.63) is 74.8 Å². The molecule has 0 saturated carbocycles. The summed E-state index contributed by atoms with van der Waals surface area (Å²) in [6.45, 7) is 9.68. The molecule has 2 N–H and O–H groups in total. The summed E-state index contributed by atoms with van der Waals surface area (Å²) in [5.74, 6) is -0.130. The number of halogens is 3. The Morgan fingerprint density at radius 2 is 1.95 bits per heavy atom. The van der Waals surface area contributed by atoms with Gasteiger partial charge in [-0.3, -0.25) is 0 Å². The van der Waals surface area contributed by atoms with E-state index in [0.717, 1.165) is 32.1 Å². The van der Waals surface area contributed by atoms with Gasteiger partial charge in [0, 0.05) is 42.1 Å². The van der Waals surface area contributed by atoms with Crippen molar-refractivity contribution in [1.82, 2.24) is 4.90 Å². The lowest BCUT2D eigenvalue weighted by Crippen LogP contribution is -2.35. The van der Waals surface area contributed by atoms with Gasteiger partial charge in [-0.25, -0.2) is 8.78 Å². The SMILES string of the molecule is CCC/C=C(/N=C(\c1cc(Cl)c(-c2ccc(F)c(C)c2/C(C#N)=C(/N)CCCC)c(F)c1C)N1CCCOCC1)OC. The highest BCUT2D eigenvalue weighted by Gasteiger charge is 2.27. The number of nitrogens with zero attached hydrogens (tertiary/aromatic N) is 3. The van der Waals surface area contributed by atoms with Gasteiger partial charge in [-0.1, -0.05) is 44.4 Å². The Bertz CT molecular complexity index is 1400. The Balaban J connectivity index is 2.30. The molecule has 0 unspecified atom stereocenters. The number of amidine groups is 1. The van der Waals surface area contributed by atoms with E-state index in [2.05, 4.69) is 17.9 Å². The predicted octanol–water partition coefficient (Wildman–Crippen LogP) is 8.04.